The van der Waals surface area contributed by atoms with Crippen molar-refractivity contribution in [1.29, 1.82) is 0 Å². The van der Waals surface area contributed by atoms with Gasteiger partial charge >= 0.3 is 6.18 Å². The van der Waals surface area contributed by atoms with Gasteiger partial charge in [-0.15, -0.1) is 0 Å². The van der Waals surface area contributed by atoms with Crippen LogP contribution in [0, 0.1) is 10.1 Å². The fraction of sp³-hybridized carbons (Fsp3) is 0.500. The molecule has 0 aliphatic carbocycles. The van der Waals surface area contributed by atoms with Crippen LogP contribution < -0.4 is 0 Å². The van der Waals surface area contributed by atoms with Gasteiger partial charge in [-0.05, 0) is 18.4 Å². The number of benzene rings is 1. The molecule has 0 fully saturated rings. The molecule has 1 aromatic carbocycles. The number of nitro groups is 1. The summed E-state index contributed by atoms with van der Waals surface area (Å²) < 4.78 is 37.8. The molecule has 19 heavy (non-hydrogen) atoms. The number of alkyl halides is 3. The van der Waals surface area contributed by atoms with Crippen LogP contribution in [-0.4, -0.2) is 4.92 Å². The van der Waals surface area contributed by atoms with Crippen molar-refractivity contribution in [3.63, 3.8) is 0 Å². The molecule has 0 saturated carbocycles. The predicted molar refractivity (Wildman–Crippen MR) is 66.4 cm³/mol. The van der Waals surface area contributed by atoms with E-state index in [1.165, 1.54) is 0 Å². The summed E-state index contributed by atoms with van der Waals surface area (Å²) in [5.41, 5.74) is -1.50. The Bertz CT molecular complexity index is 489. The van der Waals surface area contributed by atoms with E-state index >= 15 is 0 Å². The standard InChI is InChI=1S/C12H13ClF3NO2/c1-3-4-7(2)11-9(13)5-8(12(14,15)16)6-10(11)17(18)19/h5-7H,3-4H2,1-2H3. The Morgan fingerprint density at radius 3 is 2.42 bits per heavy atom. The summed E-state index contributed by atoms with van der Waals surface area (Å²) in [6.45, 7) is 3.60. The molecule has 0 saturated heterocycles. The minimum Gasteiger partial charge on any atom is -0.258 e. The molecule has 1 unspecified atom stereocenters. The van der Waals surface area contributed by atoms with E-state index in [4.69, 9.17) is 11.6 Å². The van der Waals surface area contributed by atoms with E-state index in [-0.39, 0.29) is 16.5 Å². The highest BCUT2D eigenvalue weighted by Crippen LogP contribution is 2.40. The first-order valence-corrected chi connectivity index (χ1v) is 6.11. The average Bonchev–Trinajstić information content (AvgIpc) is 2.26. The predicted octanol–water partition coefficient (Wildman–Crippen LogP) is 5.17. The van der Waals surface area contributed by atoms with Gasteiger partial charge < -0.3 is 0 Å². The van der Waals surface area contributed by atoms with Crippen LogP contribution in [0.25, 0.3) is 0 Å². The lowest BCUT2D eigenvalue weighted by Crippen LogP contribution is -2.09. The minimum absolute atomic E-state index is 0.168. The zero-order chi connectivity index (χ0) is 14.8. The van der Waals surface area contributed by atoms with Crippen LogP contribution in [0.1, 0.15) is 43.7 Å². The normalized spacial score (nSPS) is 13.4. The van der Waals surface area contributed by atoms with E-state index in [9.17, 15) is 23.3 Å². The molecule has 0 spiro atoms. The zero-order valence-electron chi connectivity index (χ0n) is 10.4. The van der Waals surface area contributed by atoms with Crippen LogP contribution in [0.15, 0.2) is 12.1 Å². The maximum absolute atomic E-state index is 12.6. The molecule has 106 valence electrons. The van der Waals surface area contributed by atoms with Crippen LogP contribution in [0.2, 0.25) is 5.02 Å². The van der Waals surface area contributed by atoms with Crippen molar-refractivity contribution < 1.29 is 18.1 Å². The summed E-state index contributed by atoms with van der Waals surface area (Å²) in [4.78, 5) is 10.1. The first kappa shape index (κ1) is 15.8. The van der Waals surface area contributed by atoms with Gasteiger partial charge in [0.05, 0.1) is 21.1 Å². The summed E-state index contributed by atoms with van der Waals surface area (Å²) in [7, 11) is 0. The fourth-order valence-electron chi connectivity index (χ4n) is 1.98. The molecular formula is C12H13ClF3NO2. The summed E-state index contributed by atoms with van der Waals surface area (Å²) >= 11 is 5.81. The van der Waals surface area contributed by atoms with Crippen LogP contribution >= 0.6 is 11.6 Å². The highest BCUT2D eigenvalue weighted by Gasteiger charge is 2.35. The lowest BCUT2D eigenvalue weighted by Gasteiger charge is -2.15. The highest BCUT2D eigenvalue weighted by atomic mass is 35.5. The van der Waals surface area contributed by atoms with E-state index in [1.807, 2.05) is 6.92 Å². The van der Waals surface area contributed by atoms with Crippen molar-refractivity contribution in [3.8, 4) is 0 Å². The summed E-state index contributed by atoms with van der Waals surface area (Å²) in [5, 5.41) is 10.7. The van der Waals surface area contributed by atoms with Crippen LogP contribution in [0.4, 0.5) is 18.9 Å². The van der Waals surface area contributed by atoms with Gasteiger partial charge in [0.2, 0.25) is 0 Å². The Morgan fingerprint density at radius 2 is 2.00 bits per heavy atom. The maximum atomic E-state index is 12.6. The van der Waals surface area contributed by atoms with Gasteiger partial charge in [-0.2, -0.15) is 13.2 Å². The Balaban J connectivity index is 3.44. The molecule has 3 nitrogen and oxygen atoms in total. The van der Waals surface area contributed by atoms with E-state index in [2.05, 4.69) is 0 Å². The number of hydrogen-bond acceptors (Lipinski definition) is 2. The Hall–Kier alpha value is -1.30. The van der Waals surface area contributed by atoms with Gasteiger partial charge in [0, 0.05) is 6.07 Å². The van der Waals surface area contributed by atoms with E-state index in [0.717, 1.165) is 12.5 Å². The molecule has 0 heterocycles. The van der Waals surface area contributed by atoms with Gasteiger partial charge in [-0.25, -0.2) is 0 Å². The highest BCUT2D eigenvalue weighted by molar-refractivity contribution is 6.31. The van der Waals surface area contributed by atoms with Gasteiger partial charge in [0.15, 0.2) is 0 Å². The summed E-state index contributed by atoms with van der Waals surface area (Å²) in [6.07, 6.45) is -3.28. The van der Waals surface area contributed by atoms with Crippen LogP contribution in [-0.2, 0) is 6.18 Å². The average molecular weight is 296 g/mol. The molecule has 0 aromatic heterocycles. The van der Waals surface area contributed by atoms with Gasteiger partial charge in [0.25, 0.3) is 5.69 Å². The lowest BCUT2D eigenvalue weighted by molar-refractivity contribution is -0.386. The molecule has 7 heteroatoms. The smallest absolute Gasteiger partial charge is 0.258 e. The first-order chi connectivity index (χ1) is 8.68. The van der Waals surface area contributed by atoms with Gasteiger partial charge in [0.1, 0.15) is 0 Å². The van der Waals surface area contributed by atoms with E-state index in [1.54, 1.807) is 6.92 Å². The second-order valence-electron chi connectivity index (χ2n) is 4.34. The zero-order valence-corrected chi connectivity index (χ0v) is 11.2. The number of hydrogen-bond donors (Lipinski definition) is 0. The second-order valence-corrected chi connectivity index (χ2v) is 4.74. The van der Waals surface area contributed by atoms with Crippen molar-refractivity contribution in [2.24, 2.45) is 0 Å². The van der Waals surface area contributed by atoms with Gasteiger partial charge in [-0.3, -0.25) is 10.1 Å². The maximum Gasteiger partial charge on any atom is 0.416 e. The topological polar surface area (TPSA) is 43.1 Å². The SMILES string of the molecule is CCCC(C)c1c(Cl)cc(C(F)(F)F)cc1[N+](=O)[O-]. The van der Waals surface area contributed by atoms with Crippen molar-refractivity contribution in [3.05, 3.63) is 38.4 Å². The second kappa shape index (κ2) is 5.77. The molecule has 1 aromatic rings. The largest absolute Gasteiger partial charge is 0.416 e. The van der Waals surface area contributed by atoms with Crippen molar-refractivity contribution in [2.45, 2.75) is 38.8 Å². The third kappa shape index (κ3) is 3.59. The van der Waals surface area contributed by atoms with E-state index < -0.39 is 22.4 Å². The quantitative estimate of drug-likeness (QED) is 0.568. The monoisotopic (exact) mass is 295 g/mol. The number of nitrogens with zero attached hydrogens (tertiary/aromatic N) is 1. The molecule has 1 atom stereocenters. The number of nitro benzene ring substituents is 1. The molecule has 0 radical (unpaired) electrons. The first-order valence-electron chi connectivity index (χ1n) is 5.73. The van der Waals surface area contributed by atoms with Crippen LogP contribution in [0.5, 0.6) is 0 Å². The molecule has 0 aliphatic heterocycles. The molecule has 0 N–H and O–H groups in total. The molecule has 0 amide bonds. The molecule has 1 rings (SSSR count). The Labute approximate surface area is 113 Å². The minimum atomic E-state index is -4.65. The fourth-order valence-corrected chi connectivity index (χ4v) is 2.38. The Morgan fingerprint density at radius 1 is 1.42 bits per heavy atom. The molecule has 0 bridgehead atoms. The van der Waals surface area contributed by atoms with Crippen molar-refractivity contribution >= 4 is 17.3 Å². The number of halogens is 4. The van der Waals surface area contributed by atoms with E-state index in [0.29, 0.717) is 12.5 Å². The lowest BCUT2D eigenvalue weighted by atomic mass is 9.93. The van der Waals surface area contributed by atoms with Crippen molar-refractivity contribution in [2.75, 3.05) is 0 Å². The molecule has 0 aliphatic rings. The number of rotatable bonds is 4. The summed E-state index contributed by atoms with van der Waals surface area (Å²) in [6, 6.07) is 1.30. The third-order valence-corrected chi connectivity index (χ3v) is 3.16. The van der Waals surface area contributed by atoms with Crippen LogP contribution in [0.3, 0.4) is 0 Å². The Kier molecular flexibility index (Phi) is 4.79. The molecular weight excluding hydrogens is 283 g/mol. The van der Waals surface area contributed by atoms with Gasteiger partial charge in [-0.1, -0.05) is 31.9 Å². The third-order valence-electron chi connectivity index (χ3n) is 2.85. The van der Waals surface area contributed by atoms with Crippen molar-refractivity contribution in [1.82, 2.24) is 0 Å². The summed E-state index contributed by atoms with van der Waals surface area (Å²) in [5.74, 6) is -0.264.